The lowest BCUT2D eigenvalue weighted by molar-refractivity contribution is -0.114. The van der Waals surface area contributed by atoms with Crippen LogP contribution in [0.3, 0.4) is 0 Å². The van der Waals surface area contributed by atoms with Gasteiger partial charge in [0.05, 0.1) is 0 Å². The van der Waals surface area contributed by atoms with Crippen LogP contribution in [-0.4, -0.2) is 45.1 Å². The van der Waals surface area contributed by atoms with Crippen LogP contribution in [-0.2, 0) is 9.53 Å². The Labute approximate surface area is 188 Å². The molecule has 4 aliphatic carbocycles. The molecule has 2 saturated carbocycles. The number of rotatable bonds is 3. The van der Waals surface area contributed by atoms with E-state index in [0.29, 0.717) is 30.0 Å². The summed E-state index contributed by atoms with van der Waals surface area (Å²) in [6.07, 6.45) is 9.17. The van der Waals surface area contributed by atoms with Gasteiger partial charge in [0.25, 0.3) is 0 Å². The second-order valence-electron chi connectivity index (χ2n) is 10.5. The van der Waals surface area contributed by atoms with Gasteiger partial charge in [-0.2, -0.15) is 0 Å². The number of nitrogens with zero attached hydrogens (tertiary/aromatic N) is 1. The van der Waals surface area contributed by atoms with Crippen molar-refractivity contribution in [3.05, 3.63) is 52.6 Å². The number of hydrogen-bond donors (Lipinski definition) is 0. The molecule has 1 aromatic carbocycles. The third kappa shape index (κ3) is 2.70. The number of epoxide rings is 1. The fourth-order valence-electron chi connectivity index (χ4n) is 7.52. The Hall–Kier alpha value is -1.38. The molecule has 160 valence electrons. The van der Waals surface area contributed by atoms with Crippen LogP contribution in [0.15, 0.2) is 47.1 Å². The molecular weight excluding hydrogens is 400 g/mol. The third-order valence-electron chi connectivity index (χ3n) is 8.93. The van der Waals surface area contributed by atoms with Crippen molar-refractivity contribution in [3.63, 3.8) is 0 Å². The molecule has 1 unspecified atom stereocenters. The largest absolute Gasteiger partial charge is 0.378 e. The number of fused-ring (bicyclic) bond motifs is 3. The van der Waals surface area contributed by atoms with Crippen molar-refractivity contribution >= 4 is 26.8 Å². The van der Waals surface area contributed by atoms with Gasteiger partial charge in [-0.25, -0.2) is 0 Å². The first-order chi connectivity index (χ1) is 14.9. The maximum atomic E-state index is 12.2. The van der Waals surface area contributed by atoms with E-state index in [1.807, 2.05) is 6.08 Å². The third-order valence-corrected chi connectivity index (χ3v) is 10.8. The number of carbonyl (C=O) groups is 1. The lowest BCUT2D eigenvalue weighted by Crippen LogP contribution is -2.42. The van der Waals surface area contributed by atoms with Gasteiger partial charge in [0.2, 0.25) is 0 Å². The van der Waals surface area contributed by atoms with E-state index in [0.717, 1.165) is 32.1 Å². The van der Waals surface area contributed by atoms with Crippen molar-refractivity contribution in [1.29, 1.82) is 0 Å². The van der Waals surface area contributed by atoms with Gasteiger partial charge < -0.3 is 9.64 Å². The van der Waals surface area contributed by atoms with Crippen LogP contribution in [0.2, 0.25) is 0 Å². The molecular formula is C26H31BNO2P. The topological polar surface area (TPSA) is 32.8 Å². The average Bonchev–Trinajstić information content (AvgIpc) is 3.29. The zero-order chi connectivity index (χ0) is 21.5. The van der Waals surface area contributed by atoms with Crippen LogP contribution in [0.4, 0.5) is 5.69 Å². The Balaban J connectivity index is 1.49. The maximum Gasteiger partial charge on any atom is 0.156 e. The summed E-state index contributed by atoms with van der Waals surface area (Å²) < 4.78 is 6.71. The summed E-state index contributed by atoms with van der Waals surface area (Å²) in [6, 6.07) is 9.14. The Morgan fingerprint density at radius 3 is 2.58 bits per heavy atom. The monoisotopic (exact) mass is 431 g/mol. The minimum Gasteiger partial charge on any atom is -0.378 e. The van der Waals surface area contributed by atoms with Crippen molar-refractivity contribution < 1.29 is 9.53 Å². The van der Waals surface area contributed by atoms with Gasteiger partial charge in [0.1, 0.15) is 18.5 Å². The van der Waals surface area contributed by atoms with E-state index in [1.54, 1.807) is 5.57 Å². The van der Waals surface area contributed by atoms with E-state index in [-0.39, 0.29) is 10.9 Å². The highest BCUT2D eigenvalue weighted by Crippen LogP contribution is 2.80. The molecule has 1 aliphatic heterocycles. The first kappa shape index (κ1) is 20.2. The second kappa shape index (κ2) is 6.81. The minimum atomic E-state index is -0.611. The van der Waals surface area contributed by atoms with Gasteiger partial charge in [0, 0.05) is 32.1 Å². The lowest BCUT2D eigenvalue weighted by atomic mass is 9.58. The second-order valence-corrected chi connectivity index (χ2v) is 12.4. The fraction of sp³-hybridized carbons (Fsp3) is 0.577. The molecule has 6 rings (SSSR count). The number of allylic oxidation sites excluding steroid dienone is 4. The molecule has 3 nitrogen and oxygen atoms in total. The van der Waals surface area contributed by atoms with Crippen LogP contribution in [0.5, 0.6) is 0 Å². The first-order valence-corrected chi connectivity index (χ1v) is 13.6. The molecule has 0 aromatic heterocycles. The van der Waals surface area contributed by atoms with Crippen molar-refractivity contribution in [3.8, 4) is 0 Å². The zero-order valence-corrected chi connectivity index (χ0v) is 19.8. The number of hydrogen-bond acceptors (Lipinski definition) is 3. The molecule has 2 radical (unpaired) electrons. The maximum absolute atomic E-state index is 12.2. The van der Waals surface area contributed by atoms with E-state index in [9.17, 15) is 4.79 Å². The summed E-state index contributed by atoms with van der Waals surface area (Å²) in [5, 5.41) is -0.0519. The summed E-state index contributed by atoms with van der Waals surface area (Å²) in [5.41, 5.74) is 7.09. The van der Waals surface area contributed by atoms with Crippen LogP contribution in [0.1, 0.15) is 56.4 Å². The lowest BCUT2D eigenvalue weighted by Gasteiger charge is -2.47. The highest BCUT2D eigenvalue weighted by atomic mass is 31.1. The zero-order valence-electron chi connectivity index (χ0n) is 18.9. The van der Waals surface area contributed by atoms with Gasteiger partial charge in [-0.15, -0.1) is 7.80 Å². The molecule has 31 heavy (non-hydrogen) atoms. The number of carbonyl (C=O) groups excluding carboxylic acids is 1. The Morgan fingerprint density at radius 1 is 1.13 bits per heavy atom. The van der Waals surface area contributed by atoms with Gasteiger partial charge >= 0.3 is 0 Å². The van der Waals surface area contributed by atoms with E-state index in [1.165, 1.54) is 28.8 Å². The van der Waals surface area contributed by atoms with Crippen LogP contribution in [0, 0.1) is 11.8 Å². The van der Waals surface area contributed by atoms with E-state index in [2.05, 4.69) is 49.9 Å². The molecule has 3 fully saturated rings. The number of benzene rings is 1. The minimum absolute atomic E-state index is 0.0203. The quantitative estimate of drug-likeness (QED) is 0.370. The van der Waals surface area contributed by atoms with Crippen LogP contribution in [0.25, 0.3) is 0 Å². The normalized spacial score (nSPS) is 39.1. The molecule has 1 aromatic rings. The summed E-state index contributed by atoms with van der Waals surface area (Å²) in [6.45, 7) is 2.20. The summed E-state index contributed by atoms with van der Waals surface area (Å²) in [4.78, 5) is 14.3. The van der Waals surface area contributed by atoms with E-state index < -0.39 is 7.80 Å². The van der Waals surface area contributed by atoms with Crippen LogP contribution < -0.4 is 4.90 Å². The summed E-state index contributed by atoms with van der Waals surface area (Å²) in [7, 11) is 10.1. The molecule has 6 atom stereocenters. The summed E-state index contributed by atoms with van der Waals surface area (Å²) >= 11 is 0. The molecule has 0 amide bonds. The Bertz CT molecular complexity index is 1010. The highest BCUT2D eigenvalue weighted by molar-refractivity contribution is 7.83. The van der Waals surface area contributed by atoms with Gasteiger partial charge in [-0.3, -0.25) is 4.79 Å². The first-order valence-electron chi connectivity index (χ1n) is 11.8. The molecule has 1 heterocycles. The standard InChI is InChI=1S/C26H31BNO2P/c1-28(2)18-7-4-16(5-8-18)22-15-25-23(12-13-26(25,30-25)31(3)27)21-10-6-17-14-19(29)9-11-20(17)24(21)22/h4-5,7-8,14,21-23H,6,9-13,15H2,1-3H3/t21-,22+,23-,25+,26+,31?/m0/s1. The van der Waals surface area contributed by atoms with Crippen molar-refractivity contribution in [2.24, 2.45) is 11.8 Å². The van der Waals surface area contributed by atoms with Gasteiger partial charge in [0.15, 0.2) is 5.78 Å². The molecule has 1 spiro atoms. The molecule has 1 saturated heterocycles. The predicted molar refractivity (Wildman–Crippen MR) is 128 cm³/mol. The number of anilines is 1. The highest BCUT2D eigenvalue weighted by Gasteiger charge is 2.79. The van der Waals surface area contributed by atoms with Crippen molar-refractivity contribution in [2.45, 2.75) is 61.8 Å². The SMILES string of the molecule is [B]P(C)[C@]12CC[C@H]3[C@@H]4CCC5=CC(=O)CCC5=C4[C@@H](c4ccc(N(C)C)cc4)C[C@@]31O2. The van der Waals surface area contributed by atoms with Crippen LogP contribution >= 0.6 is 7.80 Å². The molecule has 5 aliphatic rings. The van der Waals surface area contributed by atoms with Crippen molar-refractivity contribution in [2.75, 3.05) is 25.7 Å². The predicted octanol–water partition coefficient (Wildman–Crippen LogP) is 5.31. The molecule has 0 N–H and O–H groups in total. The number of ketones is 1. The summed E-state index contributed by atoms with van der Waals surface area (Å²) in [5.74, 6) is 1.85. The van der Waals surface area contributed by atoms with Gasteiger partial charge in [-0.05, 0) is 85.3 Å². The number of ether oxygens (including phenoxy) is 1. The van der Waals surface area contributed by atoms with E-state index >= 15 is 0 Å². The van der Waals surface area contributed by atoms with E-state index in [4.69, 9.17) is 12.3 Å². The Kier molecular flexibility index (Phi) is 4.45. The molecule has 5 heteroatoms. The van der Waals surface area contributed by atoms with Gasteiger partial charge in [-0.1, -0.05) is 24.4 Å². The molecule has 0 bridgehead atoms. The Morgan fingerprint density at radius 2 is 1.90 bits per heavy atom. The smallest absolute Gasteiger partial charge is 0.156 e. The fourth-order valence-corrected chi connectivity index (χ4v) is 9.16. The average molecular weight is 431 g/mol. The van der Waals surface area contributed by atoms with Crippen molar-refractivity contribution in [1.82, 2.24) is 0 Å².